The fraction of sp³-hybridized carbons (Fsp3) is 0.600. The Morgan fingerprint density at radius 2 is 1.94 bits per heavy atom. The largest absolute Gasteiger partial charge is 0.313 e. The SMILES string of the molecule is Cc1cc(CC(C)(N)N2CCCCC2)ccc1F. The number of halogens is 1. The van der Waals surface area contributed by atoms with E-state index in [0.29, 0.717) is 5.56 Å². The van der Waals surface area contributed by atoms with E-state index in [1.807, 2.05) is 12.1 Å². The smallest absolute Gasteiger partial charge is 0.126 e. The lowest BCUT2D eigenvalue weighted by Gasteiger charge is -2.40. The van der Waals surface area contributed by atoms with Crippen LogP contribution in [-0.4, -0.2) is 23.7 Å². The van der Waals surface area contributed by atoms with E-state index in [1.165, 1.54) is 25.3 Å². The summed E-state index contributed by atoms with van der Waals surface area (Å²) in [6, 6.07) is 5.29. The van der Waals surface area contributed by atoms with E-state index in [2.05, 4.69) is 11.8 Å². The predicted octanol–water partition coefficient (Wildman–Crippen LogP) is 2.84. The van der Waals surface area contributed by atoms with Crippen LogP contribution in [0.1, 0.15) is 37.3 Å². The highest BCUT2D eigenvalue weighted by atomic mass is 19.1. The predicted molar refractivity (Wildman–Crippen MR) is 72.9 cm³/mol. The summed E-state index contributed by atoms with van der Waals surface area (Å²) in [7, 11) is 0. The standard InChI is InChI=1S/C15H23FN2/c1-12-10-13(6-7-14(12)16)11-15(2,17)18-8-4-3-5-9-18/h6-7,10H,3-5,8-9,11,17H2,1-2H3. The van der Waals surface area contributed by atoms with E-state index in [0.717, 1.165) is 25.1 Å². The molecule has 18 heavy (non-hydrogen) atoms. The molecular weight excluding hydrogens is 227 g/mol. The zero-order chi connectivity index (χ0) is 13.2. The van der Waals surface area contributed by atoms with Crippen molar-refractivity contribution in [1.82, 2.24) is 4.90 Å². The van der Waals surface area contributed by atoms with Crippen LogP contribution < -0.4 is 5.73 Å². The summed E-state index contributed by atoms with van der Waals surface area (Å²) in [4.78, 5) is 2.36. The summed E-state index contributed by atoms with van der Waals surface area (Å²) in [5, 5.41) is 0. The first-order valence-corrected chi connectivity index (χ1v) is 6.78. The number of rotatable bonds is 3. The molecule has 1 saturated heterocycles. The van der Waals surface area contributed by atoms with Gasteiger partial charge in [0.1, 0.15) is 5.82 Å². The topological polar surface area (TPSA) is 29.3 Å². The van der Waals surface area contributed by atoms with E-state index < -0.39 is 0 Å². The van der Waals surface area contributed by atoms with Gasteiger partial charge in [0.15, 0.2) is 0 Å². The molecule has 1 aromatic carbocycles. The minimum Gasteiger partial charge on any atom is -0.313 e. The molecule has 0 aromatic heterocycles. The van der Waals surface area contributed by atoms with Gasteiger partial charge in [-0.2, -0.15) is 0 Å². The van der Waals surface area contributed by atoms with Crippen LogP contribution in [0.5, 0.6) is 0 Å². The summed E-state index contributed by atoms with van der Waals surface area (Å²) >= 11 is 0. The van der Waals surface area contributed by atoms with Crippen LogP contribution in [0.15, 0.2) is 18.2 Å². The Kier molecular flexibility index (Phi) is 4.03. The lowest BCUT2D eigenvalue weighted by Crippen LogP contribution is -2.56. The van der Waals surface area contributed by atoms with Gasteiger partial charge in [-0.3, -0.25) is 4.90 Å². The molecular formula is C15H23FN2. The van der Waals surface area contributed by atoms with Crippen molar-refractivity contribution in [2.75, 3.05) is 13.1 Å². The maximum Gasteiger partial charge on any atom is 0.126 e. The highest BCUT2D eigenvalue weighted by Gasteiger charge is 2.28. The van der Waals surface area contributed by atoms with E-state index in [1.54, 1.807) is 6.92 Å². The third kappa shape index (κ3) is 3.09. The van der Waals surface area contributed by atoms with Crippen molar-refractivity contribution >= 4 is 0 Å². The van der Waals surface area contributed by atoms with Crippen molar-refractivity contribution in [3.05, 3.63) is 35.1 Å². The monoisotopic (exact) mass is 250 g/mol. The third-order valence-corrected chi connectivity index (χ3v) is 3.86. The highest BCUT2D eigenvalue weighted by molar-refractivity contribution is 5.25. The van der Waals surface area contributed by atoms with Gasteiger partial charge < -0.3 is 5.73 Å². The van der Waals surface area contributed by atoms with Gasteiger partial charge in [-0.15, -0.1) is 0 Å². The molecule has 0 bridgehead atoms. The Morgan fingerprint density at radius 3 is 2.56 bits per heavy atom. The van der Waals surface area contributed by atoms with E-state index in [4.69, 9.17) is 5.73 Å². The Hall–Kier alpha value is -0.930. The number of nitrogens with zero attached hydrogens (tertiary/aromatic N) is 1. The minimum absolute atomic E-state index is 0.143. The first-order valence-electron chi connectivity index (χ1n) is 6.78. The molecule has 1 fully saturated rings. The van der Waals surface area contributed by atoms with Gasteiger partial charge in [0.25, 0.3) is 0 Å². The van der Waals surface area contributed by atoms with Gasteiger partial charge >= 0.3 is 0 Å². The normalized spacial score (nSPS) is 20.7. The molecule has 1 atom stereocenters. The molecule has 100 valence electrons. The number of nitrogens with two attached hydrogens (primary N) is 1. The van der Waals surface area contributed by atoms with Crippen LogP contribution >= 0.6 is 0 Å². The second-order valence-electron chi connectivity index (χ2n) is 5.67. The van der Waals surface area contributed by atoms with Crippen LogP contribution in [0.3, 0.4) is 0 Å². The molecule has 0 amide bonds. The van der Waals surface area contributed by atoms with Crippen molar-refractivity contribution in [1.29, 1.82) is 0 Å². The summed E-state index contributed by atoms with van der Waals surface area (Å²) in [6.45, 7) is 6.03. The van der Waals surface area contributed by atoms with Gasteiger partial charge in [0.2, 0.25) is 0 Å². The maximum atomic E-state index is 13.2. The third-order valence-electron chi connectivity index (χ3n) is 3.86. The van der Waals surface area contributed by atoms with E-state index in [-0.39, 0.29) is 11.5 Å². The summed E-state index contributed by atoms with van der Waals surface area (Å²) < 4.78 is 13.2. The number of aryl methyl sites for hydroxylation is 1. The summed E-state index contributed by atoms with van der Waals surface area (Å²) in [6.07, 6.45) is 4.54. The Bertz CT molecular complexity index is 409. The molecule has 1 unspecified atom stereocenters. The number of benzene rings is 1. The Labute approximate surface area is 109 Å². The van der Waals surface area contributed by atoms with Crippen LogP contribution in [-0.2, 0) is 6.42 Å². The quantitative estimate of drug-likeness (QED) is 0.894. The lowest BCUT2D eigenvalue weighted by molar-refractivity contribution is 0.0856. The number of hydrogen-bond acceptors (Lipinski definition) is 2. The first-order chi connectivity index (χ1) is 8.49. The first kappa shape index (κ1) is 13.5. The molecule has 2 rings (SSSR count). The summed E-state index contributed by atoms with van der Waals surface area (Å²) in [5.74, 6) is -0.143. The molecule has 1 aromatic rings. The van der Waals surface area contributed by atoms with Crippen molar-refractivity contribution in [3.8, 4) is 0 Å². The molecule has 1 aliphatic heterocycles. The van der Waals surface area contributed by atoms with Crippen molar-refractivity contribution in [2.45, 2.75) is 45.2 Å². The van der Waals surface area contributed by atoms with Crippen molar-refractivity contribution in [3.63, 3.8) is 0 Å². The fourth-order valence-electron chi connectivity index (χ4n) is 2.75. The molecule has 0 radical (unpaired) electrons. The second kappa shape index (κ2) is 5.37. The van der Waals surface area contributed by atoms with E-state index >= 15 is 0 Å². The molecule has 1 heterocycles. The van der Waals surface area contributed by atoms with Crippen LogP contribution in [0.4, 0.5) is 4.39 Å². The second-order valence-corrected chi connectivity index (χ2v) is 5.67. The molecule has 0 saturated carbocycles. The van der Waals surface area contributed by atoms with Crippen molar-refractivity contribution < 1.29 is 4.39 Å². The maximum absolute atomic E-state index is 13.2. The van der Waals surface area contributed by atoms with Gasteiger partial charge in [-0.25, -0.2) is 4.39 Å². The number of likely N-dealkylation sites (tertiary alicyclic amines) is 1. The van der Waals surface area contributed by atoms with Crippen LogP contribution in [0, 0.1) is 12.7 Å². The fourth-order valence-corrected chi connectivity index (χ4v) is 2.75. The van der Waals surface area contributed by atoms with Gasteiger partial charge in [0.05, 0.1) is 5.66 Å². The number of hydrogen-bond donors (Lipinski definition) is 1. The molecule has 2 nitrogen and oxygen atoms in total. The highest BCUT2D eigenvalue weighted by Crippen LogP contribution is 2.21. The molecule has 1 aliphatic rings. The molecule has 0 aliphatic carbocycles. The van der Waals surface area contributed by atoms with Crippen LogP contribution in [0.25, 0.3) is 0 Å². The average Bonchev–Trinajstić information content (AvgIpc) is 2.35. The van der Waals surface area contributed by atoms with Crippen molar-refractivity contribution in [2.24, 2.45) is 5.73 Å². The minimum atomic E-state index is -0.329. The Morgan fingerprint density at radius 1 is 1.28 bits per heavy atom. The zero-order valence-electron chi connectivity index (χ0n) is 11.4. The molecule has 3 heteroatoms. The van der Waals surface area contributed by atoms with Gasteiger partial charge in [-0.1, -0.05) is 18.6 Å². The average molecular weight is 250 g/mol. The van der Waals surface area contributed by atoms with Gasteiger partial charge in [-0.05, 0) is 57.0 Å². The molecule has 2 N–H and O–H groups in total. The molecule has 0 spiro atoms. The van der Waals surface area contributed by atoms with E-state index in [9.17, 15) is 4.39 Å². The number of piperidine rings is 1. The Balaban J connectivity index is 2.08. The summed E-state index contributed by atoms with van der Waals surface area (Å²) in [5.41, 5.74) is 7.93. The van der Waals surface area contributed by atoms with Gasteiger partial charge in [0, 0.05) is 6.42 Å². The zero-order valence-corrected chi connectivity index (χ0v) is 11.4. The lowest BCUT2D eigenvalue weighted by atomic mass is 9.96. The van der Waals surface area contributed by atoms with Crippen LogP contribution in [0.2, 0.25) is 0 Å².